The maximum atomic E-state index is 13.8. The van der Waals surface area contributed by atoms with Gasteiger partial charge in [-0.15, -0.1) is 0 Å². The van der Waals surface area contributed by atoms with Crippen LogP contribution < -0.4 is 4.90 Å². The molecule has 0 N–H and O–H groups in total. The fourth-order valence-corrected chi connectivity index (χ4v) is 5.96. The summed E-state index contributed by atoms with van der Waals surface area (Å²) in [6, 6.07) is 11.1. The van der Waals surface area contributed by atoms with Gasteiger partial charge in [0.05, 0.1) is 22.1 Å². The molecular weight excluding hydrogens is 479 g/mol. The second-order valence-corrected chi connectivity index (χ2v) is 9.91. The van der Waals surface area contributed by atoms with Gasteiger partial charge in [0.2, 0.25) is 5.91 Å². The predicted octanol–water partition coefficient (Wildman–Crippen LogP) is 5.03. The second-order valence-electron chi connectivity index (χ2n) is 8.79. The number of carbonyl (C=O) groups excluding carboxylic acids is 3. The number of rotatable bonds is 4. The van der Waals surface area contributed by atoms with Crippen molar-refractivity contribution in [3.05, 3.63) is 75.7 Å². The van der Waals surface area contributed by atoms with Gasteiger partial charge in [-0.25, -0.2) is 9.69 Å². The Bertz CT molecular complexity index is 1240. The molecule has 1 saturated heterocycles. The molecule has 0 aliphatic carbocycles. The molecular formula is C25H24F3N3O3S. The first kappa shape index (κ1) is 24.8. The van der Waals surface area contributed by atoms with E-state index >= 15 is 0 Å². The van der Waals surface area contributed by atoms with E-state index in [4.69, 9.17) is 0 Å². The van der Waals surface area contributed by atoms with Gasteiger partial charge in [0.25, 0.3) is 5.91 Å². The van der Waals surface area contributed by atoms with Crippen molar-refractivity contribution in [3.63, 3.8) is 0 Å². The van der Waals surface area contributed by atoms with E-state index in [1.165, 1.54) is 21.9 Å². The summed E-state index contributed by atoms with van der Waals surface area (Å²) in [4.78, 5) is 43.8. The molecule has 0 aromatic heterocycles. The Balaban J connectivity index is 1.85. The predicted molar refractivity (Wildman–Crippen MR) is 127 cm³/mol. The quantitative estimate of drug-likeness (QED) is 0.587. The fraction of sp³-hybridized carbons (Fsp3) is 0.320. The number of anilines is 1. The molecule has 2 aromatic carbocycles. The van der Waals surface area contributed by atoms with E-state index in [2.05, 4.69) is 0 Å². The first-order valence-electron chi connectivity index (χ1n) is 10.9. The van der Waals surface area contributed by atoms with Crippen molar-refractivity contribution in [3.8, 4) is 0 Å². The molecule has 0 spiro atoms. The minimum absolute atomic E-state index is 0.0728. The largest absolute Gasteiger partial charge is 0.418 e. The number of para-hydroxylation sites is 1. The third-order valence-corrected chi connectivity index (χ3v) is 7.57. The van der Waals surface area contributed by atoms with Crippen LogP contribution >= 0.6 is 11.8 Å². The van der Waals surface area contributed by atoms with Crippen LogP contribution in [0.5, 0.6) is 0 Å². The minimum Gasteiger partial charge on any atom is -0.344 e. The Morgan fingerprint density at radius 2 is 1.74 bits per heavy atom. The molecule has 4 rings (SSSR count). The summed E-state index contributed by atoms with van der Waals surface area (Å²) < 4.78 is 41.5. The van der Waals surface area contributed by atoms with Gasteiger partial charge in [0.15, 0.2) is 0 Å². The highest BCUT2D eigenvalue weighted by molar-refractivity contribution is 8.04. The van der Waals surface area contributed by atoms with E-state index in [0.29, 0.717) is 15.4 Å². The van der Waals surface area contributed by atoms with Crippen LogP contribution in [-0.4, -0.2) is 47.1 Å². The van der Waals surface area contributed by atoms with Crippen molar-refractivity contribution in [1.82, 2.24) is 9.80 Å². The second kappa shape index (κ2) is 9.07. The molecule has 6 nitrogen and oxygen atoms in total. The summed E-state index contributed by atoms with van der Waals surface area (Å²) in [5, 5.41) is -0.747. The number of benzene rings is 2. The number of urea groups is 1. The van der Waals surface area contributed by atoms with Crippen molar-refractivity contribution in [2.45, 2.75) is 31.9 Å². The number of halogens is 3. The van der Waals surface area contributed by atoms with Gasteiger partial charge in [-0.05, 0) is 37.1 Å². The Hall–Kier alpha value is -3.27. The number of carbonyl (C=O) groups is 3. The average molecular weight is 504 g/mol. The van der Waals surface area contributed by atoms with Crippen molar-refractivity contribution < 1.29 is 27.6 Å². The van der Waals surface area contributed by atoms with Crippen LogP contribution in [-0.2, 0) is 22.3 Å². The molecule has 2 unspecified atom stereocenters. The number of imide groups is 1. The number of aryl methyl sites for hydroxylation is 1. The van der Waals surface area contributed by atoms with E-state index < -0.39 is 40.7 Å². The van der Waals surface area contributed by atoms with Crippen LogP contribution in [0.15, 0.2) is 59.0 Å². The number of likely N-dealkylation sites (N-methyl/N-ethyl adjacent to an activating group) is 1. The van der Waals surface area contributed by atoms with E-state index in [0.717, 1.165) is 35.0 Å². The maximum absolute atomic E-state index is 13.8. The van der Waals surface area contributed by atoms with E-state index in [9.17, 15) is 27.6 Å². The number of thioether (sulfide) groups is 1. The molecule has 35 heavy (non-hydrogen) atoms. The Morgan fingerprint density at radius 3 is 2.37 bits per heavy atom. The van der Waals surface area contributed by atoms with Gasteiger partial charge < -0.3 is 9.80 Å². The van der Waals surface area contributed by atoms with Gasteiger partial charge >= 0.3 is 12.2 Å². The molecule has 0 bridgehead atoms. The monoisotopic (exact) mass is 503 g/mol. The zero-order chi connectivity index (χ0) is 25.7. The number of alkyl halides is 3. The van der Waals surface area contributed by atoms with Gasteiger partial charge in [0, 0.05) is 20.6 Å². The van der Waals surface area contributed by atoms with Crippen molar-refractivity contribution >= 4 is 35.3 Å². The van der Waals surface area contributed by atoms with Crippen molar-refractivity contribution in [2.75, 3.05) is 19.0 Å². The van der Waals surface area contributed by atoms with Gasteiger partial charge in [0.1, 0.15) is 5.37 Å². The zero-order valence-electron chi connectivity index (χ0n) is 19.6. The van der Waals surface area contributed by atoms with Gasteiger partial charge in [-0.1, -0.05) is 53.7 Å². The van der Waals surface area contributed by atoms with Crippen molar-refractivity contribution in [2.24, 2.45) is 5.92 Å². The van der Waals surface area contributed by atoms with E-state index in [1.807, 2.05) is 31.2 Å². The van der Waals surface area contributed by atoms with Gasteiger partial charge in [-0.2, -0.15) is 13.2 Å². The highest BCUT2D eigenvalue weighted by Crippen LogP contribution is 2.49. The van der Waals surface area contributed by atoms with Crippen LogP contribution in [0.2, 0.25) is 0 Å². The van der Waals surface area contributed by atoms with Crippen LogP contribution in [0.1, 0.15) is 23.6 Å². The molecule has 2 aliphatic heterocycles. The van der Waals surface area contributed by atoms with Crippen LogP contribution in [0, 0.1) is 12.8 Å². The lowest BCUT2D eigenvalue weighted by molar-refractivity contribution is -0.137. The average Bonchev–Trinajstić information content (AvgIpc) is 3.13. The molecule has 2 aromatic rings. The molecule has 4 amide bonds. The molecule has 2 heterocycles. The first-order valence-corrected chi connectivity index (χ1v) is 11.7. The highest BCUT2D eigenvalue weighted by Gasteiger charge is 2.54. The first-order chi connectivity index (χ1) is 16.4. The Morgan fingerprint density at radius 1 is 1.06 bits per heavy atom. The zero-order valence-corrected chi connectivity index (χ0v) is 20.4. The highest BCUT2D eigenvalue weighted by atomic mass is 32.2. The Labute approximate surface area is 205 Å². The molecule has 0 radical (unpaired) electrons. The summed E-state index contributed by atoms with van der Waals surface area (Å²) in [7, 11) is 3.16. The lowest BCUT2D eigenvalue weighted by atomic mass is 9.94. The SMILES string of the molecule is CC1=C(C(=O)N(C)C)SC2C1C(=O)N(c1ccccc1C(F)(F)F)C(=O)N2Cc1cccc(C)c1. The molecule has 0 saturated carbocycles. The topological polar surface area (TPSA) is 60.9 Å². The molecule has 1 fully saturated rings. The summed E-state index contributed by atoms with van der Waals surface area (Å²) >= 11 is 1.11. The summed E-state index contributed by atoms with van der Waals surface area (Å²) in [5.41, 5.74) is 0.567. The number of amides is 4. The van der Waals surface area contributed by atoms with Crippen LogP contribution in [0.4, 0.5) is 23.7 Å². The van der Waals surface area contributed by atoms with Gasteiger partial charge in [-0.3, -0.25) is 9.59 Å². The lowest BCUT2D eigenvalue weighted by Gasteiger charge is -2.42. The molecule has 2 atom stereocenters. The normalized spacial score (nSPS) is 20.4. The van der Waals surface area contributed by atoms with Crippen LogP contribution in [0.3, 0.4) is 0 Å². The number of fused-ring (bicyclic) bond motifs is 1. The van der Waals surface area contributed by atoms with Crippen LogP contribution in [0.25, 0.3) is 0 Å². The maximum Gasteiger partial charge on any atom is 0.418 e. The van der Waals surface area contributed by atoms with E-state index in [1.54, 1.807) is 21.0 Å². The standard InChI is InChI=1S/C25H24F3N3O3S/c1-14-8-7-9-16(12-14)13-30-23-19(15(2)20(35-23)22(33)29(3)4)21(32)31(24(30)34)18-11-6-5-10-17(18)25(26,27)28/h5-12,19,23H,13H2,1-4H3. The van der Waals surface area contributed by atoms with E-state index in [-0.39, 0.29) is 12.5 Å². The summed E-state index contributed by atoms with van der Waals surface area (Å²) in [6.07, 6.45) is -4.77. The third-order valence-electron chi connectivity index (χ3n) is 6.07. The van der Waals surface area contributed by atoms with Crippen molar-refractivity contribution in [1.29, 1.82) is 0 Å². The number of hydrogen-bond acceptors (Lipinski definition) is 4. The number of hydrogen-bond donors (Lipinski definition) is 0. The molecule has 2 aliphatic rings. The minimum atomic E-state index is -4.77. The summed E-state index contributed by atoms with van der Waals surface area (Å²) in [6.45, 7) is 3.59. The lowest BCUT2D eigenvalue weighted by Crippen LogP contribution is -2.60. The smallest absolute Gasteiger partial charge is 0.344 e. The summed E-state index contributed by atoms with van der Waals surface area (Å²) in [5.74, 6) is -2.05. The fourth-order valence-electron chi connectivity index (χ4n) is 4.38. The molecule has 184 valence electrons. The third kappa shape index (κ3) is 4.42. The molecule has 10 heteroatoms. The Kier molecular flexibility index (Phi) is 6.44. The number of nitrogens with zero attached hydrogens (tertiary/aromatic N) is 3.